The Morgan fingerprint density at radius 1 is 1.33 bits per heavy atom. The number of rotatable bonds is 5. The molecule has 1 aromatic carbocycles. The number of ether oxygens (including phenoxy) is 1. The number of anilines is 1. The number of benzene rings is 1. The highest BCUT2D eigenvalue weighted by Gasteiger charge is 2.27. The van der Waals surface area contributed by atoms with Crippen molar-refractivity contribution >= 4 is 5.69 Å². The van der Waals surface area contributed by atoms with Crippen LogP contribution in [0.5, 0.6) is 5.75 Å². The molecule has 15 heavy (non-hydrogen) atoms. The van der Waals surface area contributed by atoms with E-state index in [1.54, 1.807) is 0 Å². The molecule has 2 nitrogen and oxygen atoms in total. The number of hydrogen-bond donors (Lipinski definition) is 1. The summed E-state index contributed by atoms with van der Waals surface area (Å²) >= 11 is 0. The molecule has 0 amide bonds. The van der Waals surface area contributed by atoms with Crippen LogP contribution in [0.15, 0.2) is 24.3 Å². The molecular weight excluding hydrogens is 186 g/mol. The van der Waals surface area contributed by atoms with Crippen molar-refractivity contribution < 1.29 is 4.74 Å². The Morgan fingerprint density at radius 3 is 2.53 bits per heavy atom. The summed E-state index contributed by atoms with van der Waals surface area (Å²) in [6.45, 7) is 4.99. The van der Waals surface area contributed by atoms with Crippen molar-refractivity contribution in [2.75, 3.05) is 11.9 Å². The second kappa shape index (κ2) is 4.56. The van der Waals surface area contributed by atoms with Crippen LogP contribution < -0.4 is 10.1 Å². The number of hydrogen-bond acceptors (Lipinski definition) is 2. The van der Waals surface area contributed by atoms with Gasteiger partial charge in [-0.1, -0.05) is 0 Å². The summed E-state index contributed by atoms with van der Waals surface area (Å²) in [6.07, 6.45) is 2.76. The highest BCUT2D eigenvalue weighted by atomic mass is 16.5. The average Bonchev–Trinajstić information content (AvgIpc) is 3.04. The highest BCUT2D eigenvalue weighted by Crippen LogP contribution is 2.34. The summed E-state index contributed by atoms with van der Waals surface area (Å²) in [5, 5.41) is 3.52. The summed E-state index contributed by atoms with van der Waals surface area (Å²) in [6, 6.07) is 8.81. The Bertz CT molecular complexity index is 303. The van der Waals surface area contributed by atoms with Gasteiger partial charge in [-0.05, 0) is 56.9 Å². The first-order valence-electron chi connectivity index (χ1n) is 5.79. The van der Waals surface area contributed by atoms with E-state index in [2.05, 4.69) is 24.4 Å². The van der Waals surface area contributed by atoms with Gasteiger partial charge in [0.25, 0.3) is 0 Å². The summed E-state index contributed by atoms with van der Waals surface area (Å²) in [5.41, 5.74) is 1.19. The summed E-state index contributed by atoms with van der Waals surface area (Å²) in [4.78, 5) is 0. The molecule has 1 N–H and O–H groups in total. The molecule has 2 rings (SSSR count). The first kappa shape index (κ1) is 10.3. The van der Waals surface area contributed by atoms with Gasteiger partial charge >= 0.3 is 0 Å². The zero-order valence-corrected chi connectivity index (χ0v) is 9.49. The van der Waals surface area contributed by atoms with E-state index >= 15 is 0 Å². The summed E-state index contributed by atoms with van der Waals surface area (Å²) < 4.78 is 5.40. The fourth-order valence-electron chi connectivity index (χ4n) is 1.79. The van der Waals surface area contributed by atoms with Gasteiger partial charge in [-0.15, -0.1) is 0 Å². The molecular formula is C13H19NO. The van der Waals surface area contributed by atoms with Crippen LogP contribution in [0.25, 0.3) is 0 Å². The van der Waals surface area contributed by atoms with E-state index in [1.807, 2.05) is 19.1 Å². The first-order valence-corrected chi connectivity index (χ1v) is 5.79. The molecule has 82 valence electrons. The topological polar surface area (TPSA) is 21.3 Å². The summed E-state index contributed by atoms with van der Waals surface area (Å²) in [5.74, 6) is 1.83. The van der Waals surface area contributed by atoms with E-state index in [4.69, 9.17) is 4.74 Å². The minimum atomic E-state index is 0.600. The van der Waals surface area contributed by atoms with Crippen LogP contribution in [-0.4, -0.2) is 12.6 Å². The first-order chi connectivity index (χ1) is 7.29. The van der Waals surface area contributed by atoms with Crippen molar-refractivity contribution in [3.05, 3.63) is 24.3 Å². The second-order valence-corrected chi connectivity index (χ2v) is 4.23. The predicted octanol–water partition coefficient (Wildman–Crippen LogP) is 3.30. The molecule has 0 radical (unpaired) electrons. The zero-order valence-electron chi connectivity index (χ0n) is 9.49. The average molecular weight is 205 g/mol. The van der Waals surface area contributed by atoms with Crippen LogP contribution in [0, 0.1) is 5.92 Å². The third-order valence-corrected chi connectivity index (χ3v) is 2.89. The van der Waals surface area contributed by atoms with E-state index < -0.39 is 0 Å². The fraction of sp³-hybridized carbons (Fsp3) is 0.538. The van der Waals surface area contributed by atoms with Crippen LogP contribution >= 0.6 is 0 Å². The van der Waals surface area contributed by atoms with Crippen LogP contribution in [0.2, 0.25) is 0 Å². The molecule has 2 heteroatoms. The molecule has 0 spiro atoms. The standard InChI is InChI=1S/C13H19NO/c1-3-15-13-8-6-12(7-9-13)14-10(2)11-4-5-11/h6-11,14H,3-5H2,1-2H3/t10-/m0/s1. The Morgan fingerprint density at radius 2 is 2.00 bits per heavy atom. The van der Waals surface area contributed by atoms with Gasteiger partial charge in [0.1, 0.15) is 5.75 Å². The van der Waals surface area contributed by atoms with Crippen molar-refractivity contribution in [3.8, 4) is 5.75 Å². The Balaban J connectivity index is 1.91. The molecule has 1 aliphatic carbocycles. The van der Waals surface area contributed by atoms with Crippen molar-refractivity contribution in [2.24, 2.45) is 5.92 Å². The Labute approximate surface area is 91.6 Å². The molecule has 0 saturated heterocycles. The van der Waals surface area contributed by atoms with Crippen LogP contribution in [-0.2, 0) is 0 Å². The second-order valence-electron chi connectivity index (χ2n) is 4.23. The van der Waals surface area contributed by atoms with E-state index in [9.17, 15) is 0 Å². The van der Waals surface area contributed by atoms with Gasteiger partial charge in [-0.25, -0.2) is 0 Å². The molecule has 0 aromatic heterocycles. The molecule has 1 aliphatic rings. The maximum Gasteiger partial charge on any atom is 0.119 e. The van der Waals surface area contributed by atoms with E-state index in [1.165, 1.54) is 18.5 Å². The van der Waals surface area contributed by atoms with Crippen LogP contribution in [0.4, 0.5) is 5.69 Å². The molecule has 1 aromatic rings. The zero-order chi connectivity index (χ0) is 10.7. The van der Waals surface area contributed by atoms with Gasteiger partial charge in [0.15, 0.2) is 0 Å². The van der Waals surface area contributed by atoms with Crippen molar-refractivity contribution in [1.29, 1.82) is 0 Å². The van der Waals surface area contributed by atoms with Crippen molar-refractivity contribution in [3.63, 3.8) is 0 Å². The van der Waals surface area contributed by atoms with Crippen LogP contribution in [0.1, 0.15) is 26.7 Å². The van der Waals surface area contributed by atoms with Crippen molar-refractivity contribution in [1.82, 2.24) is 0 Å². The van der Waals surface area contributed by atoms with Gasteiger partial charge in [-0.2, -0.15) is 0 Å². The minimum Gasteiger partial charge on any atom is -0.494 e. The minimum absolute atomic E-state index is 0.600. The maximum absolute atomic E-state index is 5.40. The molecule has 0 unspecified atom stereocenters. The summed E-state index contributed by atoms with van der Waals surface area (Å²) in [7, 11) is 0. The predicted molar refractivity (Wildman–Crippen MR) is 63.4 cm³/mol. The Kier molecular flexibility index (Phi) is 3.14. The van der Waals surface area contributed by atoms with Crippen LogP contribution in [0.3, 0.4) is 0 Å². The lowest BCUT2D eigenvalue weighted by Crippen LogP contribution is -2.16. The lowest BCUT2D eigenvalue weighted by molar-refractivity contribution is 0.340. The van der Waals surface area contributed by atoms with E-state index in [-0.39, 0.29) is 0 Å². The van der Waals surface area contributed by atoms with Crippen molar-refractivity contribution in [2.45, 2.75) is 32.7 Å². The van der Waals surface area contributed by atoms with Gasteiger partial charge in [0.05, 0.1) is 6.61 Å². The van der Waals surface area contributed by atoms with E-state index in [0.29, 0.717) is 6.04 Å². The molecule has 0 heterocycles. The molecule has 1 fully saturated rings. The fourth-order valence-corrected chi connectivity index (χ4v) is 1.79. The largest absolute Gasteiger partial charge is 0.494 e. The Hall–Kier alpha value is -1.18. The molecule has 1 saturated carbocycles. The van der Waals surface area contributed by atoms with E-state index in [0.717, 1.165) is 18.3 Å². The molecule has 1 atom stereocenters. The van der Waals surface area contributed by atoms with Gasteiger partial charge in [-0.3, -0.25) is 0 Å². The molecule has 0 aliphatic heterocycles. The lowest BCUT2D eigenvalue weighted by atomic mass is 10.2. The number of nitrogens with one attached hydrogen (secondary N) is 1. The normalized spacial score (nSPS) is 17.2. The smallest absolute Gasteiger partial charge is 0.119 e. The quantitative estimate of drug-likeness (QED) is 0.796. The SMILES string of the molecule is CCOc1ccc(N[C@@H](C)C2CC2)cc1. The third-order valence-electron chi connectivity index (χ3n) is 2.89. The third kappa shape index (κ3) is 2.88. The van der Waals surface area contributed by atoms with Gasteiger partial charge in [0.2, 0.25) is 0 Å². The maximum atomic E-state index is 5.40. The lowest BCUT2D eigenvalue weighted by Gasteiger charge is -2.14. The van der Waals surface area contributed by atoms with Gasteiger partial charge < -0.3 is 10.1 Å². The highest BCUT2D eigenvalue weighted by molar-refractivity contribution is 5.47. The van der Waals surface area contributed by atoms with Gasteiger partial charge in [0, 0.05) is 11.7 Å². The molecule has 0 bridgehead atoms. The monoisotopic (exact) mass is 205 g/mol.